The van der Waals surface area contributed by atoms with E-state index in [1.807, 2.05) is 0 Å². The molecular weight excluding hydrogens is 268 g/mol. The van der Waals surface area contributed by atoms with Crippen molar-refractivity contribution >= 4 is 8.80 Å². The van der Waals surface area contributed by atoms with Crippen LogP contribution >= 0.6 is 0 Å². The molecule has 1 aliphatic heterocycles. The molecular formula is C16H30O3Si. The molecule has 1 saturated heterocycles. The summed E-state index contributed by atoms with van der Waals surface area (Å²) >= 11 is 0. The van der Waals surface area contributed by atoms with Crippen molar-refractivity contribution < 1.29 is 13.3 Å². The molecule has 20 heavy (non-hydrogen) atoms. The Kier molecular flexibility index (Phi) is 3.81. The van der Waals surface area contributed by atoms with Gasteiger partial charge in [0.15, 0.2) is 0 Å². The van der Waals surface area contributed by atoms with Crippen molar-refractivity contribution in [2.75, 3.05) is 7.11 Å². The van der Waals surface area contributed by atoms with Crippen molar-refractivity contribution in [3.8, 4) is 0 Å². The molecule has 0 bridgehead atoms. The first-order valence-electron chi connectivity index (χ1n) is 8.39. The molecule has 2 aliphatic carbocycles. The Morgan fingerprint density at radius 3 is 2.70 bits per heavy atom. The second kappa shape index (κ2) is 5.08. The minimum Gasteiger partial charge on any atom is -0.377 e. The van der Waals surface area contributed by atoms with Crippen LogP contribution < -0.4 is 0 Å². The Bertz CT molecular complexity index is 377. The van der Waals surface area contributed by atoms with Gasteiger partial charge in [-0.15, -0.1) is 0 Å². The normalized spacial score (nSPS) is 54.8. The van der Waals surface area contributed by atoms with E-state index in [0.29, 0.717) is 17.9 Å². The topological polar surface area (TPSA) is 27.7 Å². The van der Waals surface area contributed by atoms with E-state index in [-0.39, 0.29) is 5.60 Å². The second-order valence-electron chi connectivity index (χ2n) is 7.44. The molecule has 0 aromatic rings. The van der Waals surface area contributed by atoms with Gasteiger partial charge in [0, 0.05) is 19.1 Å². The lowest BCUT2D eigenvalue weighted by Gasteiger charge is -2.58. The summed E-state index contributed by atoms with van der Waals surface area (Å²) < 4.78 is 19.0. The summed E-state index contributed by atoms with van der Waals surface area (Å²) in [6, 6.07) is 0.952. The van der Waals surface area contributed by atoms with Gasteiger partial charge < -0.3 is 13.3 Å². The third-order valence-electron chi connectivity index (χ3n) is 6.40. The Hall–Kier alpha value is 0.0969. The highest BCUT2D eigenvalue weighted by molar-refractivity contribution is 6.61. The highest BCUT2D eigenvalue weighted by Crippen LogP contribution is 2.58. The van der Waals surface area contributed by atoms with E-state index in [0.717, 1.165) is 24.3 Å². The largest absolute Gasteiger partial charge is 0.501 e. The smallest absolute Gasteiger partial charge is 0.377 e. The highest BCUT2D eigenvalue weighted by atomic mass is 28.4. The van der Waals surface area contributed by atoms with E-state index in [9.17, 15) is 0 Å². The summed E-state index contributed by atoms with van der Waals surface area (Å²) in [7, 11) is -0.679. The zero-order chi connectivity index (χ0) is 14.5. The Morgan fingerprint density at radius 2 is 2.05 bits per heavy atom. The molecule has 2 saturated carbocycles. The average molecular weight is 298 g/mol. The standard InChI is InChI=1S/C16H30O3Si/c1-6-9-20(17-5)18-14-8-7-13-10-11(2)12(3)16(4,19-20)15(13)14/h11-15H,6-10H2,1-5H3/t11-,12?,13?,14?,15?,16?,20?/m1/s1. The van der Waals surface area contributed by atoms with Crippen molar-refractivity contribution in [3.05, 3.63) is 0 Å². The third kappa shape index (κ3) is 2.03. The molecule has 4 heteroatoms. The van der Waals surface area contributed by atoms with E-state index in [1.54, 1.807) is 7.11 Å². The van der Waals surface area contributed by atoms with Gasteiger partial charge in [-0.05, 0) is 43.9 Å². The molecule has 0 amide bonds. The van der Waals surface area contributed by atoms with Gasteiger partial charge in [-0.25, -0.2) is 0 Å². The zero-order valence-electron chi connectivity index (χ0n) is 13.6. The molecule has 7 atom stereocenters. The lowest BCUT2D eigenvalue weighted by molar-refractivity contribution is -0.191. The molecule has 0 spiro atoms. The van der Waals surface area contributed by atoms with Gasteiger partial charge in [-0.2, -0.15) is 0 Å². The van der Waals surface area contributed by atoms with Crippen LogP contribution in [0.25, 0.3) is 0 Å². The molecule has 6 unspecified atom stereocenters. The van der Waals surface area contributed by atoms with Gasteiger partial charge in [0.1, 0.15) is 0 Å². The fourth-order valence-electron chi connectivity index (χ4n) is 5.18. The van der Waals surface area contributed by atoms with Gasteiger partial charge in [0.25, 0.3) is 0 Å². The molecule has 0 aromatic carbocycles. The number of rotatable bonds is 3. The van der Waals surface area contributed by atoms with Crippen LogP contribution in [0, 0.1) is 23.7 Å². The fourth-order valence-corrected chi connectivity index (χ4v) is 8.17. The first-order valence-corrected chi connectivity index (χ1v) is 10.3. The van der Waals surface area contributed by atoms with Crippen LogP contribution in [0.4, 0.5) is 0 Å². The summed E-state index contributed by atoms with van der Waals surface area (Å²) in [5.41, 5.74) is -0.0425. The zero-order valence-corrected chi connectivity index (χ0v) is 14.6. The molecule has 3 rings (SSSR count). The molecule has 0 radical (unpaired) electrons. The van der Waals surface area contributed by atoms with Gasteiger partial charge in [-0.1, -0.05) is 27.2 Å². The van der Waals surface area contributed by atoms with Crippen LogP contribution in [0.3, 0.4) is 0 Å². The quantitative estimate of drug-likeness (QED) is 0.741. The summed E-state index contributed by atoms with van der Waals surface area (Å²) in [5, 5.41) is 0. The predicted molar refractivity (Wildman–Crippen MR) is 81.4 cm³/mol. The van der Waals surface area contributed by atoms with Crippen molar-refractivity contribution in [1.82, 2.24) is 0 Å². The first kappa shape index (κ1) is 15.0. The van der Waals surface area contributed by atoms with E-state index in [4.69, 9.17) is 13.3 Å². The monoisotopic (exact) mass is 298 g/mol. The number of hydrogen-bond donors (Lipinski definition) is 0. The minimum atomic E-state index is -2.47. The van der Waals surface area contributed by atoms with Crippen LogP contribution in [0.1, 0.15) is 53.4 Å². The summed E-state index contributed by atoms with van der Waals surface area (Å²) in [6.07, 6.45) is 5.31. The molecule has 3 nitrogen and oxygen atoms in total. The van der Waals surface area contributed by atoms with Gasteiger partial charge >= 0.3 is 8.80 Å². The van der Waals surface area contributed by atoms with Gasteiger partial charge in [0.2, 0.25) is 0 Å². The highest BCUT2D eigenvalue weighted by Gasteiger charge is 2.64. The average Bonchev–Trinajstić information content (AvgIpc) is 2.80. The maximum Gasteiger partial charge on any atom is 0.501 e. The van der Waals surface area contributed by atoms with Crippen molar-refractivity contribution in [1.29, 1.82) is 0 Å². The van der Waals surface area contributed by atoms with Crippen LogP contribution in [0.5, 0.6) is 0 Å². The van der Waals surface area contributed by atoms with Crippen LogP contribution in [0.2, 0.25) is 6.04 Å². The van der Waals surface area contributed by atoms with E-state index < -0.39 is 8.80 Å². The van der Waals surface area contributed by atoms with E-state index >= 15 is 0 Å². The SMILES string of the molecule is CCC[Si]1(OC)OC2CCC3C[C@@H](C)C(C)C(C)(O1)C32. The fraction of sp³-hybridized carbons (Fsp3) is 1.00. The summed E-state index contributed by atoms with van der Waals surface area (Å²) in [5.74, 6) is 2.71. The van der Waals surface area contributed by atoms with Crippen LogP contribution in [-0.2, 0) is 13.3 Å². The first-order chi connectivity index (χ1) is 9.46. The van der Waals surface area contributed by atoms with Gasteiger partial charge in [-0.3, -0.25) is 0 Å². The third-order valence-corrected chi connectivity index (χ3v) is 9.55. The molecule has 1 heterocycles. The lowest BCUT2D eigenvalue weighted by atomic mass is 9.61. The lowest BCUT2D eigenvalue weighted by Crippen LogP contribution is -2.67. The second-order valence-corrected chi connectivity index (χ2v) is 10.2. The summed E-state index contributed by atoms with van der Waals surface area (Å²) in [6.45, 7) is 9.32. The minimum absolute atomic E-state index is 0.0425. The summed E-state index contributed by atoms with van der Waals surface area (Å²) in [4.78, 5) is 0. The van der Waals surface area contributed by atoms with Crippen LogP contribution in [0.15, 0.2) is 0 Å². The Morgan fingerprint density at radius 1 is 1.30 bits per heavy atom. The molecule has 0 aromatic heterocycles. The maximum absolute atomic E-state index is 6.71. The molecule has 116 valence electrons. The Labute approximate surface area is 124 Å². The molecule has 0 N–H and O–H groups in total. The molecule has 3 aliphatic rings. The van der Waals surface area contributed by atoms with Crippen molar-refractivity contribution in [3.63, 3.8) is 0 Å². The predicted octanol–water partition coefficient (Wildman–Crippen LogP) is 3.86. The van der Waals surface area contributed by atoms with Crippen molar-refractivity contribution in [2.45, 2.75) is 71.1 Å². The van der Waals surface area contributed by atoms with Crippen molar-refractivity contribution in [2.24, 2.45) is 23.7 Å². The number of hydrogen-bond acceptors (Lipinski definition) is 3. The van der Waals surface area contributed by atoms with Gasteiger partial charge in [0.05, 0.1) is 11.7 Å². The molecule has 3 fully saturated rings. The van der Waals surface area contributed by atoms with E-state index in [2.05, 4.69) is 27.7 Å². The Balaban J connectivity index is 1.96. The maximum atomic E-state index is 6.71. The van der Waals surface area contributed by atoms with E-state index in [1.165, 1.54) is 19.3 Å². The van der Waals surface area contributed by atoms with Crippen LogP contribution in [-0.4, -0.2) is 27.6 Å².